The summed E-state index contributed by atoms with van der Waals surface area (Å²) in [4.78, 5) is 26.8. The Kier molecular flexibility index (Phi) is 5.44. The van der Waals surface area contributed by atoms with Crippen LogP contribution in [0.5, 0.6) is 0 Å². The van der Waals surface area contributed by atoms with Crippen LogP contribution in [0.15, 0.2) is 48.5 Å². The topological polar surface area (TPSA) is 66.8 Å². The van der Waals surface area contributed by atoms with Gasteiger partial charge in [0.1, 0.15) is 0 Å². The van der Waals surface area contributed by atoms with Crippen molar-refractivity contribution in [3.63, 3.8) is 0 Å². The second kappa shape index (κ2) is 8.15. The van der Waals surface area contributed by atoms with E-state index in [1.54, 1.807) is 30.3 Å². The van der Waals surface area contributed by atoms with Gasteiger partial charge in [-0.25, -0.2) is 4.79 Å². The average Bonchev–Trinajstić information content (AvgIpc) is 3.56. The molecule has 1 saturated carbocycles. The van der Waals surface area contributed by atoms with Crippen LogP contribution in [0.1, 0.15) is 46.4 Å². The zero-order chi connectivity index (χ0) is 19.5. The Hall–Kier alpha value is -2.66. The van der Waals surface area contributed by atoms with Gasteiger partial charge in [0.05, 0.1) is 11.7 Å². The molecule has 2 fully saturated rings. The van der Waals surface area contributed by atoms with Crippen LogP contribution in [0.2, 0.25) is 0 Å². The zero-order valence-corrected chi connectivity index (χ0v) is 15.8. The maximum atomic E-state index is 13.3. The highest BCUT2D eigenvalue weighted by Gasteiger charge is 2.29. The lowest BCUT2D eigenvalue weighted by atomic mass is 9.94. The predicted octanol–water partition coefficient (Wildman–Crippen LogP) is 4.08. The number of ether oxygens (including phenoxy) is 1. The monoisotopic (exact) mass is 379 g/mol. The molecule has 5 nitrogen and oxygen atoms in total. The molecule has 5 heteroatoms. The third kappa shape index (κ3) is 4.09. The first kappa shape index (κ1) is 18.7. The van der Waals surface area contributed by atoms with E-state index in [2.05, 4.69) is 0 Å². The van der Waals surface area contributed by atoms with Gasteiger partial charge in [0.2, 0.25) is 0 Å². The molecule has 0 spiro atoms. The summed E-state index contributed by atoms with van der Waals surface area (Å²) in [5.41, 5.74) is 1.97. The molecule has 1 heterocycles. The van der Waals surface area contributed by atoms with Crippen LogP contribution in [0, 0.1) is 5.92 Å². The molecule has 1 atom stereocenters. The van der Waals surface area contributed by atoms with Crippen molar-refractivity contribution in [2.45, 2.75) is 31.8 Å². The Balaban J connectivity index is 1.57. The molecule has 1 aliphatic carbocycles. The van der Waals surface area contributed by atoms with Gasteiger partial charge in [-0.1, -0.05) is 36.4 Å². The summed E-state index contributed by atoms with van der Waals surface area (Å²) in [6.45, 7) is 2.10. The molecule has 1 N–H and O–H groups in total. The molecule has 0 bridgehead atoms. The third-order valence-electron chi connectivity index (χ3n) is 5.54. The number of carboxylic acid groups (broad SMARTS) is 1. The van der Waals surface area contributed by atoms with Gasteiger partial charge in [-0.2, -0.15) is 0 Å². The van der Waals surface area contributed by atoms with E-state index in [0.29, 0.717) is 35.7 Å². The van der Waals surface area contributed by atoms with Crippen LogP contribution in [0.25, 0.3) is 11.1 Å². The first-order chi connectivity index (χ1) is 13.6. The maximum absolute atomic E-state index is 13.3. The first-order valence-electron chi connectivity index (χ1n) is 9.96. The number of likely N-dealkylation sites (tertiary alicyclic amines) is 1. The molecule has 2 aromatic carbocycles. The second-order valence-electron chi connectivity index (χ2n) is 7.69. The van der Waals surface area contributed by atoms with Gasteiger partial charge in [0.25, 0.3) is 5.91 Å². The van der Waals surface area contributed by atoms with E-state index in [0.717, 1.165) is 19.4 Å². The number of nitrogens with zero attached hydrogens (tertiary/aromatic N) is 1. The first-order valence-corrected chi connectivity index (χ1v) is 9.96. The van der Waals surface area contributed by atoms with Crippen molar-refractivity contribution in [3.05, 3.63) is 59.7 Å². The van der Waals surface area contributed by atoms with Crippen molar-refractivity contribution >= 4 is 11.9 Å². The van der Waals surface area contributed by atoms with E-state index in [-0.39, 0.29) is 17.6 Å². The molecule has 0 radical (unpaired) electrons. The Labute approximate surface area is 164 Å². The van der Waals surface area contributed by atoms with Crippen molar-refractivity contribution < 1.29 is 19.4 Å². The number of hydrogen-bond acceptors (Lipinski definition) is 3. The zero-order valence-electron chi connectivity index (χ0n) is 15.8. The predicted molar refractivity (Wildman–Crippen MR) is 106 cm³/mol. The molecule has 1 unspecified atom stereocenters. The highest BCUT2D eigenvalue weighted by atomic mass is 16.5. The normalized spacial score (nSPS) is 19.4. The molecule has 0 aromatic heterocycles. The van der Waals surface area contributed by atoms with Crippen LogP contribution >= 0.6 is 0 Å². The Bertz CT molecular complexity index is 874. The molecule has 146 valence electrons. The van der Waals surface area contributed by atoms with Gasteiger partial charge < -0.3 is 14.7 Å². The van der Waals surface area contributed by atoms with E-state index in [1.165, 1.54) is 12.8 Å². The van der Waals surface area contributed by atoms with Crippen LogP contribution in [-0.2, 0) is 4.74 Å². The molecule has 1 amide bonds. The number of carbonyl (C=O) groups excluding carboxylic acids is 1. The van der Waals surface area contributed by atoms with Gasteiger partial charge in [-0.15, -0.1) is 0 Å². The van der Waals surface area contributed by atoms with Gasteiger partial charge in [-0.05, 0) is 54.9 Å². The van der Waals surface area contributed by atoms with Gasteiger partial charge in [-0.3, -0.25) is 4.79 Å². The smallest absolute Gasteiger partial charge is 0.336 e. The number of amides is 1. The number of piperidine rings is 1. The number of benzene rings is 2. The Morgan fingerprint density at radius 1 is 0.964 bits per heavy atom. The SMILES string of the molecule is O=C(O)c1ccccc1-c1ccccc1C(=O)N1CCCC(OCC2CC2)C1. The minimum atomic E-state index is -0.996. The molecule has 2 aromatic rings. The van der Waals surface area contributed by atoms with Crippen LogP contribution < -0.4 is 0 Å². The van der Waals surface area contributed by atoms with Crippen LogP contribution in [0.3, 0.4) is 0 Å². The van der Waals surface area contributed by atoms with Crippen LogP contribution in [0.4, 0.5) is 0 Å². The fourth-order valence-electron chi connectivity index (χ4n) is 3.79. The fourth-order valence-corrected chi connectivity index (χ4v) is 3.79. The Morgan fingerprint density at radius 2 is 1.61 bits per heavy atom. The summed E-state index contributed by atoms with van der Waals surface area (Å²) >= 11 is 0. The number of hydrogen-bond donors (Lipinski definition) is 1. The molecule has 4 rings (SSSR count). The summed E-state index contributed by atoms with van der Waals surface area (Å²) in [5.74, 6) is -0.348. The fraction of sp³-hybridized carbons (Fsp3) is 0.391. The molecule has 2 aliphatic rings. The summed E-state index contributed by atoms with van der Waals surface area (Å²) in [6.07, 6.45) is 4.52. The summed E-state index contributed by atoms with van der Waals surface area (Å²) in [7, 11) is 0. The lowest BCUT2D eigenvalue weighted by molar-refractivity contribution is -0.00240. The quantitative estimate of drug-likeness (QED) is 0.821. The molecule has 1 saturated heterocycles. The highest BCUT2D eigenvalue weighted by molar-refractivity contribution is 6.04. The van der Waals surface area contributed by atoms with Crippen molar-refractivity contribution in [2.75, 3.05) is 19.7 Å². The van der Waals surface area contributed by atoms with E-state index in [1.807, 2.05) is 23.1 Å². The largest absolute Gasteiger partial charge is 0.478 e. The minimum Gasteiger partial charge on any atom is -0.478 e. The van der Waals surface area contributed by atoms with E-state index in [9.17, 15) is 14.7 Å². The van der Waals surface area contributed by atoms with Crippen molar-refractivity contribution in [3.8, 4) is 11.1 Å². The number of rotatable bonds is 6. The van der Waals surface area contributed by atoms with E-state index >= 15 is 0 Å². The lowest BCUT2D eigenvalue weighted by Gasteiger charge is -2.33. The standard InChI is InChI=1S/C23H25NO4/c25-22(24-13-5-6-17(14-24)28-15-16-11-12-16)20-9-3-1-7-18(20)19-8-2-4-10-21(19)23(26)27/h1-4,7-10,16-17H,5-6,11-15H2,(H,26,27). The highest BCUT2D eigenvalue weighted by Crippen LogP contribution is 2.31. The van der Waals surface area contributed by atoms with Gasteiger partial charge >= 0.3 is 5.97 Å². The van der Waals surface area contributed by atoms with Gasteiger partial charge in [0, 0.05) is 25.3 Å². The summed E-state index contributed by atoms with van der Waals surface area (Å²) in [5, 5.41) is 9.54. The summed E-state index contributed by atoms with van der Waals surface area (Å²) in [6, 6.07) is 14.1. The number of aromatic carboxylic acids is 1. The molecular formula is C23H25NO4. The molecule has 28 heavy (non-hydrogen) atoms. The van der Waals surface area contributed by atoms with E-state index < -0.39 is 5.97 Å². The maximum Gasteiger partial charge on any atom is 0.336 e. The number of carbonyl (C=O) groups is 2. The van der Waals surface area contributed by atoms with Crippen molar-refractivity contribution in [2.24, 2.45) is 5.92 Å². The summed E-state index contributed by atoms with van der Waals surface area (Å²) < 4.78 is 6.02. The minimum absolute atomic E-state index is 0.0597. The van der Waals surface area contributed by atoms with E-state index in [4.69, 9.17) is 4.74 Å². The number of carboxylic acids is 1. The average molecular weight is 379 g/mol. The molecule has 1 aliphatic heterocycles. The molecular weight excluding hydrogens is 354 g/mol. The Morgan fingerprint density at radius 3 is 2.29 bits per heavy atom. The second-order valence-corrected chi connectivity index (χ2v) is 7.69. The van der Waals surface area contributed by atoms with Gasteiger partial charge in [0.15, 0.2) is 0 Å². The third-order valence-corrected chi connectivity index (χ3v) is 5.54. The van der Waals surface area contributed by atoms with Crippen LogP contribution in [-0.4, -0.2) is 47.7 Å². The van der Waals surface area contributed by atoms with Crippen molar-refractivity contribution in [1.29, 1.82) is 0 Å². The van der Waals surface area contributed by atoms with Crippen molar-refractivity contribution in [1.82, 2.24) is 4.90 Å². The lowest BCUT2D eigenvalue weighted by Crippen LogP contribution is -2.43.